The lowest BCUT2D eigenvalue weighted by molar-refractivity contribution is 0.0184. The zero-order valence-electron chi connectivity index (χ0n) is 12.8. The average molecular weight is 312 g/mol. The van der Waals surface area contributed by atoms with Crippen LogP contribution in [0, 0.1) is 5.92 Å². The fraction of sp³-hybridized carbons (Fsp3) is 0.667. The summed E-state index contributed by atoms with van der Waals surface area (Å²) in [4.78, 5) is 13.8. The third-order valence-corrected chi connectivity index (χ3v) is 3.65. The zero-order valence-corrected chi connectivity index (χ0v) is 13.6. The Balaban J connectivity index is 1.80. The molecule has 0 saturated carbocycles. The van der Waals surface area contributed by atoms with Gasteiger partial charge in [-0.25, -0.2) is 4.79 Å². The minimum atomic E-state index is -0.438. The van der Waals surface area contributed by atoms with Crippen LogP contribution in [0.1, 0.15) is 39.3 Å². The first-order valence-electron chi connectivity index (χ1n) is 7.29. The summed E-state index contributed by atoms with van der Waals surface area (Å²) >= 11 is 5.73. The van der Waals surface area contributed by atoms with E-state index >= 15 is 0 Å². The maximum absolute atomic E-state index is 12.0. The quantitative estimate of drug-likeness (QED) is 0.840. The molecule has 0 N–H and O–H groups in total. The van der Waals surface area contributed by atoms with Crippen LogP contribution in [0.25, 0.3) is 0 Å². The van der Waals surface area contributed by atoms with Crippen molar-refractivity contribution in [3.05, 3.63) is 23.0 Å². The lowest BCUT2D eigenvalue weighted by Crippen LogP contribution is -2.42. The molecule has 1 aliphatic heterocycles. The molecule has 2 heterocycles. The Labute approximate surface area is 130 Å². The van der Waals surface area contributed by atoms with E-state index in [1.54, 1.807) is 11.0 Å². The predicted molar refractivity (Wildman–Crippen MR) is 81.3 cm³/mol. The van der Waals surface area contributed by atoms with Crippen LogP contribution in [0.5, 0.6) is 0 Å². The molecule has 0 aromatic carbocycles. The molecule has 116 valence electrons. The number of hydrogen-bond acceptors (Lipinski definition) is 4. The molecule has 1 amide bonds. The van der Waals surface area contributed by atoms with Crippen LogP contribution in [-0.4, -0.2) is 39.9 Å². The van der Waals surface area contributed by atoms with Gasteiger partial charge in [-0.3, -0.25) is 0 Å². The molecule has 0 bridgehead atoms. The minimum Gasteiger partial charge on any atom is -0.444 e. The van der Waals surface area contributed by atoms with Crippen molar-refractivity contribution in [1.82, 2.24) is 15.1 Å². The normalized spacial score (nSPS) is 16.9. The van der Waals surface area contributed by atoms with Gasteiger partial charge in [0.15, 0.2) is 5.15 Å². The number of ether oxygens (including phenoxy) is 1. The standard InChI is InChI=1S/C15H22ClN3O2/c1-15(2,3)21-14(20)19-8-6-11(7-9-19)10-12-4-5-13(16)18-17-12/h4-5,11H,6-10H2,1-3H3. The molecule has 1 aromatic heterocycles. The van der Waals surface area contributed by atoms with Gasteiger partial charge >= 0.3 is 6.09 Å². The number of carbonyl (C=O) groups excluding carboxylic acids is 1. The van der Waals surface area contributed by atoms with Crippen molar-refractivity contribution in [2.45, 2.75) is 45.6 Å². The van der Waals surface area contributed by atoms with E-state index in [0.29, 0.717) is 11.1 Å². The molecule has 1 saturated heterocycles. The lowest BCUT2D eigenvalue weighted by Gasteiger charge is -2.33. The maximum Gasteiger partial charge on any atom is 0.410 e. The molecule has 1 fully saturated rings. The van der Waals surface area contributed by atoms with Crippen LogP contribution >= 0.6 is 11.6 Å². The van der Waals surface area contributed by atoms with Gasteiger partial charge in [-0.2, -0.15) is 5.10 Å². The molecular formula is C15H22ClN3O2. The van der Waals surface area contributed by atoms with E-state index in [4.69, 9.17) is 16.3 Å². The van der Waals surface area contributed by atoms with Crippen molar-refractivity contribution in [1.29, 1.82) is 0 Å². The van der Waals surface area contributed by atoms with Crippen LogP contribution < -0.4 is 0 Å². The number of carbonyl (C=O) groups is 1. The van der Waals surface area contributed by atoms with Gasteiger partial charge in [-0.1, -0.05) is 11.6 Å². The van der Waals surface area contributed by atoms with Crippen LogP contribution in [-0.2, 0) is 11.2 Å². The van der Waals surface area contributed by atoms with Gasteiger partial charge in [0.25, 0.3) is 0 Å². The fourth-order valence-corrected chi connectivity index (χ4v) is 2.50. The molecule has 1 aliphatic rings. The van der Waals surface area contributed by atoms with Gasteiger partial charge in [0.1, 0.15) is 5.60 Å². The van der Waals surface area contributed by atoms with E-state index in [1.807, 2.05) is 26.8 Å². The third-order valence-electron chi connectivity index (χ3n) is 3.45. The van der Waals surface area contributed by atoms with Crippen molar-refractivity contribution in [3.63, 3.8) is 0 Å². The summed E-state index contributed by atoms with van der Waals surface area (Å²) in [6, 6.07) is 3.68. The van der Waals surface area contributed by atoms with Gasteiger partial charge in [0, 0.05) is 13.1 Å². The lowest BCUT2D eigenvalue weighted by atomic mass is 9.92. The summed E-state index contributed by atoms with van der Waals surface area (Å²) in [5.41, 5.74) is 0.516. The Hall–Kier alpha value is -1.36. The predicted octanol–water partition coefficient (Wildman–Crippen LogP) is 3.32. The molecule has 0 atom stereocenters. The molecule has 2 rings (SSSR count). The molecule has 5 nitrogen and oxygen atoms in total. The Bertz CT molecular complexity index is 477. The summed E-state index contributed by atoms with van der Waals surface area (Å²) in [5.74, 6) is 0.527. The summed E-state index contributed by atoms with van der Waals surface area (Å²) < 4.78 is 5.39. The van der Waals surface area contributed by atoms with Crippen molar-refractivity contribution in [2.75, 3.05) is 13.1 Å². The van der Waals surface area contributed by atoms with E-state index in [-0.39, 0.29) is 6.09 Å². The largest absolute Gasteiger partial charge is 0.444 e. The van der Waals surface area contributed by atoms with Gasteiger partial charge < -0.3 is 9.64 Å². The fourth-order valence-electron chi connectivity index (χ4n) is 2.39. The monoisotopic (exact) mass is 311 g/mol. The molecule has 0 unspecified atom stereocenters. The second-order valence-corrected chi connectivity index (χ2v) is 6.85. The first-order valence-corrected chi connectivity index (χ1v) is 7.67. The van der Waals surface area contributed by atoms with E-state index in [1.165, 1.54) is 0 Å². The highest BCUT2D eigenvalue weighted by Crippen LogP contribution is 2.22. The van der Waals surface area contributed by atoms with E-state index in [2.05, 4.69) is 10.2 Å². The number of rotatable bonds is 2. The summed E-state index contributed by atoms with van der Waals surface area (Å²) in [5, 5.41) is 8.36. The Morgan fingerprint density at radius 3 is 2.52 bits per heavy atom. The Morgan fingerprint density at radius 1 is 1.33 bits per heavy atom. The maximum atomic E-state index is 12.0. The molecular weight excluding hydrogens is 290 g/mol. The number of hydrogen-bond donors (Lipinski definition) is 0. The number of likely N-dealkylation sites (tertiary alicyclic amines) is 1. The second-order valence-electron chi connectivity index (χ2n) is 6.46. The molecule has 21 heavy (non-hydrogen) atoms. The van der Waals surface area contributed by atoms with E-state index < -0.39 is 5.60 Å². The highest BCUT2D eigenvalue weighted by Gasteiger charge is 2.27. The van der Waals surface area contributed by atoms with Crippen LogP contribution in [0.3, 0.4) is 0 Å². The first kappa shape index (κ1) is 16.0. The molecule has 6 heteroatoms. The highest BCUT2D eigenvalue weighted by atomic mass is 35.5. The third kappa shape index (κ3) is 5.16. The molecule has 1 aromatic rings. The molecule has 0 aliphatic carbocycles. The summed E-state index contributed by atoms with van der Waals surface area (Å²) in [6.45, 7) is 7.13. The van der Waals surface area contributed by atoms with E-state index in [0.717, 1.165) is 38.0 Å². The average Bonchev–Trinajstić information content (AvgIpc) is 2.40. The highest BCUT2D eigenvalue weighted by molar-refractivity contribution is 6.29. The number of piperidine rings is 1. The number of amides is 1. The van der Waals surface area contributed by atoms with E-state index in [9.17, 15) is 4.79 Å². The van der Waals surface area contributed by atoms with Gasteiger partial charge in [-0.15, -0.1) is 5.10 Å². The SMILES string of the molecule is CC(C)(C)OC(=O)N1CCC(Cc2ccc(Cl)nn2)CC1. The number of nitrogens with zero attached hydrogens (tertiary/aromatic N) is 3. The van der Waals surface area contributed by atoms with Gasteiger partial charge in [0.05, 0.1) is 5.69 Å². The summed E-state index contributed by atoms with van der Waals surface area (Å²) in [6.07, 6.45) is 2.59. The number of halogens is 1. The van der Waals surface area contributed by atoms with Gasteiger partial charge in [0.2, 0.25) is 0 Å². The van der Waals surface area contributed by atoms with Crippen molar-refractivity contribution in [3.8, 4) is 0 Å². The summed E-state index contributed by atoms with van der Waals surface area (Å²) in [7, 11) is 0. The smallest absolute Gasteiger partial charge is 0.410 e. The van der Waals surface area contributed by atoms with Crippen molar-refractivity contribution >= 4 is 17.7 Å². The molecule has 0 radical (unpaired) electrons. The Kier molecular flexibility index (Phi) is 5.04. The van der Waals surface area contributed by atoms with Crippen molar-refractivity contribution < 1.29 is 9.53 Å². The van der Waals surface area contributed by atoms with Crippen LogP contribution in [0.2, 0.25) is 5.15 Å². The van der Waals surface area contributed by atoms with Crippen molar-refractivity contribution in [2.24, 2.45) is 5.92 Å². The molecule has 0 spiro atoms. The topological polar surface area (TPSA) is 55.3 Å². The zero-order chi connectivity index (χ0) is 15.5. The second kappa shape index (κ2) is 6.60. The Morgan fingerprint density at radius 2 is 2.00 bits per heavy atom. The van der Waals surface area contributed by atoms with Gasteiger partial charge in [-0.05, 0) is 58.1 Å². The van der Waals surface area contributed by atoms with Crippen LogP contribution in [0.4, 0.5) is 4.79 Å². The van der Waals surface area contributed by atoms with Crippen LogP contribution in [0.15, 0.2) is 12.1 Å². The first-order chi connectivity index (χ1) is 9.83. The minimum absolute atomic E-state index is 0.216. The number of aromatic nitrogens is 2.